The van der Waals surface area contributed by atoms with Gasteiger partial charge in [0.1, 0.15) is 16.8 Å². The molecule has 1 aromatic heterocycles. The van der Waals surface area contributed by atoms with Crippen LogP contribution in [0.4, 0.5) is 5.69 Å². The summed E-state index contributed by atoms with van der Waals surface area (Å²) in [5.74, 6) is -0.920. The van der Waals surface area contributed by atoms with Gasteiger partial charge in [0.25, 0.3) is 0 Å². The second-order valence-corrected chi connectivity index (χ2v) is 6.20. The third-order valence-electron chi connectivity index (χ3n) is 4.71. The van der Waals surface area contributed by atoms with Crippen LogP contribution in [0.25, 0.3) is 10.9 Å². The third kappa shape index (κ3) is 3.29. The van der Waals surface area contributed by atoms with Crippen molar-refractivity contribution in [3.8, 4) is 5.75 Å². The molecule has 0 spiro atoms. The molecule has 0 saturated carbocycles. The first kappa shape index (κ1) is 18.0. The van der Waals surface area contributed by atoms with E-state index in [2.05, 4.69) is 9.88 Å². The minimum atomic E-state index is -0.767. The summed E-state index contributed by atoms with van der Waals surface area (Å²) >= 11 is 0. The van der Waals surface area contributed by atoms with Gasteiger partial charge in [-0.1, -0.05) is 12.1 Å². The molecule has 0 amide bonds. The van der Waals surface area contributed by atoms with Crippen LogP contribution in [0.5, 0.6) is 5.75 Å². The lowest BCUT2D eigenvalue weighted by Gasteiger charge is -2.33. The van der Waals surface area contributed by atoms with Crippen molar-refractivity contribution in [3.05, 3.63) is 30.0 Å². The predicted octanol–water partition coefficient (Wildman–Crippen LogP) is 2.72. The molecule has 0 atom stereocenters. The number of carbonyl (C=O) groups is 2. The Labute approximate surface area is 151 Å². The van der Waals surface area contributed by atoms with Crippen LogP contribution in [-0.4, -0.2) is 48.8 Å². The fourth-order valence-electron chi connectivity index (χ4n) is 3.40. The van der Waals surface area contributed by atoms with Gasteiger partial charge >= 0.3 is 11.9 Å². The van der Waals surface area contributed by atoms with Crippen LogP contribution < -0.4 is 9.64 Å². The average molecular weight is 358 g/mol. The molecule has 7 heteroatoms. The molecule has 0 unspecified atom stereocenters. The molecule has 1 N–H and O–H groups in total. The Balaban J connectivity index is 2.09. The van der Waals surface area contributed by atoms with E-state index in [1.54, 1.807) is 14.0 Å². The normalized spacial score (nSPS) is 15.1. The van der Waals surface area contributed by atoms with Gasteiger partial charge in [-0.2, -0.15) is 0 Å². The standard InChI is InChI=1S/C19H22N2O5/c1-3-26-19(24)14-11-20-16-13(5-4-6-15(16)25-2)17(14)21-9-7-12(8-10-21)18(22)23/h4-6,11-12H,3,7-10H2,1-2H3,(H,22,23). The fraction of sp³-hybridized carbons (Fsp3) is 0.421. The highest BCUT2D eigenvalue weighted by molar-refractivity contribution is 6.06. The summed E-state index contributed by atoms with van der Waals surface area (Å²) < 4.78 is 10.6. The number of aliphatic carboxylic acids is 1. The lowest BCUT2D eigenvalue weighted by Crippen LogP contribution is -2.37. The van der Waals surface area contributed by atoms with Gasteiger partial charge in [0.15, 0.2) is 0 Å². The first-order valence-corrected chi connectivity index (χ1v) is 8.67. The van der Waals surface area contributed by atoms with Crippen molar-refractivity contribution in [1.29, 1.82) is 0 Å². The third-order valence-corrected chi connectivity index (χ3v) is 4.71. The summed E-state index contributed by atoms with van der Waals surface area (Å²) in [4.78, 5) is 30.2. The van der Waals surface area contributed by atoms with E-state index in [9.17, 15) is 14.7 Å². The quantitative estimate of drug-likeness (QED) is 0.822. The van der Waals surface area contributed by atoms with Gasteiger partial charge in [0.2, 0.25) is 0 Å². The summed E-state index contributed by atoms with van der Waals surface area (Å²) in [6, 6.07) is 5.57. The summed E-state index contributed by atoms with van der Waals surface area (Å²) in [5.41, 5.74) is 1.79. The first-order chi connectivity index (χ1) is 12.6. The smallest absolute Gasteiger partial charge is 0.341 e. The molecule has 3 rings (SSSR count). The molecule has 1 aliphatic rings. The van der Waals surface area contributed by atoms with Gasteiger partial charge < -0.3 is 19.5 Å². The summed E-state index contributed by atoms with van der Waals surface area (Å²) in [7, 11) is 1.58. The molecule has 1 fully saturated rings. The van der Waals surface area contributed by atoms with Crippen molar-refractivity contribution in [2.24, 2.45) is 5.92 Å². The number of carboxylic acids is 1. The largest absolute Gasteiger partial charge is 0.494 e. The van der Waals surface area contributed by atoms with Crippen molar-refractivity contribution in [1.82, 2.24) is 4.98 Å². The number of carbonyl (C=O) groups excluding carboxylic acids is 1. The molecule has 26 heavy (non-hydrogen) atoms. The van der Waals surface area contributed by atoms with Gasteiger partial charge in [0.05, 0.1) is 25.3 Å². The number of hydrogen-bond donors (Lipinski definition) is 1. The summed E-state index contributed by atoms with van der Waals surface area (Å²) in [6.45, 7) is 3.14. The van der Waals surface area contributed by atoms with Crippen molar-refractivity contribution < 1.29 is 24.2 Å². The fourth-order valence-corrected chi connectivity index (χ4v) is 3.40. The number of esters is 1. The molecule has 0 bridgehead atoms. The predicted molar refractivity (Wildman–Crippen MR) is 96.8 cm³/mol. The molecular formula is C19H22N2O5. The lowest BCUT2D eigenvalue weighted by atomic mass is 9.95. The number of ether oxygens (including phenoxy) is 2. The highest BCUT2D eigenvalue weighted by Crippen LogP contribution is 2.36. The highest BCUT2D eigenvalue weighted by Gasteiger charge is 2.29. The van der Waals surface area contributed by atoms with E-state index < -0.39 is 11.9 Å². The minimum Gasteiger partial charge on any atom is -0.494 e. The maximum absolute atomic E-state index is 12.5. The Hall–Kier alpha value is -2.83. The second-order valence-electron chi connectivity index (χ2n) is 6.20. The molecule has 1 aliphatic heterocycles. The van der Waals surface area contributed by atoms with Gasteiger partial charge in [-0.15, -0.1) is 0 Å². The van der Waals surface area contributed by atoms with E-state index in [1.165, 1.54) is 6.20 Å². The zero-order valence-electron chi connectivity index (χ0n) is 14.9. The number of pyridine rings is 1. The lowest BCUT2D eigenvalue weighted by molar-refractivity contribution is -0.142. The van der Waals surface area contributed by atoms with Gasteiger partial charge in [0, 0.05) is 24.7 Å². The van der Waals surface area contributed by atoms with Crippen LogP contribution in [0.1, 0.15) is 30.1 Å². The molecular weight excluding hydrogens is 336 g/mol. The Morgan fingerprint density at radius 2 is 2.04 bits per heavy atom. The minimum absolute atomic E-state index is 0.273. The number of fused-ring (bicyclic) bond motifs is 1. The monoisotopic (exact) mass is 358 g/mol. The number of para-hydroxylation sites is 1. The zero-order chi connectivity index (χ0) is 18.7. The van der Waals surface area contributed by atoms with Crippen LogP contribution in [0.15, 0.2) is 24.4 Å². The van der Waals surface area contributed by atoms with E-state index in [-0.39, 0.29) is 12.5 Å². The highest BCUT2D eigenvalue weighted by atomic mass is 16.5. The number of aromatic nitrogens is 1. The average Bonchev–Trinajstić information content (AvgIpc) is 2.66. The van der Waals surface area contributed by atoms with Crippen LogP contribution in [0, 0.1) is 5.92 Å². The van der Waals surface area contributed by atoms with Gasteiger partial charge in [-0.25, -0.2) is 4.79 Å². The molecule has 2 aromatic rings. The van der Waals surface area contributed by atoms with E-state index in [0.29, 0.717) is 42.8 Å². The Bertz CT molecular complexity index is 828. The van der Waals surface area contributed by atoms with Crippen molar-refractivity contribution in [2.75, 3.05) is 31.7 Å². The number of anilines is 1. The summed E-state index contributed by atoms with van der Waals surface area (Å²) in [5, 5.41) is 10.0. The van der Waals surface area contributed by atoms with E-state index in [0.717, 1.165) is 11.1 Å². The van der Waals surface area contributed by atoms with Gasteiger partial charge in [-0.05, 0) is 25.8 Å². The topological polar surface area (TPSA) is 89.0 Å². The maximum Gasteiger partial charge on any atom is 0.341 e. The van der Waals surface area contributed by atoms with E-state index in [1.807, 2.05) is 18.2 Å². The van der Waals surface area contributed by atoms with Crippen molar-refractivity contribution in [3.63, 3.8) is 0 Å². The Morgan fingerprint density at radius 3 is 2.65 bits per heavy atom. The molecule has 138 valence electrons. The number of carboxylic acid groups (broad SMARTS) is 1. The molecule has 2 heterocycles. The number of methoxy groups -OCH3 is 1. The first-order valence-electron chi connectivity index (χ1n) is 8.67. The second kappa shape index (κ2) is 7.59. The van der Waals surface area contributed by atoms with E-state index in [4.69, 9.17) is 9.47 Å². The van der Waals surface area contributed by atoms with E-state index >= 15 is 0 Å². The van der Waals surface area contributed by atoms with Gasteiger partial charge in [-0.3, -0.25) is 9.78 Å². The Morgan fingerprint density at radius 1 is 1.31 bits per heavy atom. The van der Waals surface area contributed by atoms with Crippen LogP contribution >= 0.6 is 0 Å². The number of rotatable bonds is 5. The number of hydrogen-bond acceptors (Lipinski definition) is 6. The van der Waals surface area contributed by atoms with Crippen LogP contribution in [-0.2, 0) is 9.53 Å². The molecule has 1 saturated heterocycles. The van der Waals surface area contributed by atoms with Crippen molar-refractivity contribution in [2.45, 2.75) is 19.8 Å². The van der Waals surface area contributed by atoms with Crippen molar-refractivity contribution >= 4 is 28.5 Å². The molecule has 0 radical (unpaired) electrons. The Kier molecular flexibility index (Phi) is 5.25. The molecule has 1 aromatic carbocycles. The van der Waals surface area contributed by atoms with Crippen LogP contribution in [0.3, 0.4) is 0 Å². The molecule has 0 aliphatic carbocycles. The SMILES string of the molecule is CCOC(=O)c1cnc2c(OC)cccc2c1N1CCC(C(=O)O)CC1. The molecule has 7 nitrogen and oxygen atoms in total. The van der Waals surface area contributed by atoms with Crippen LogP contribution in [0.2, 0.25) is 0 Å². The summed E-state index contributed by atoms with van der Waals surface area (Å²) in [6.07, 6.45) is 2.58. The number of nitrogens with zero attached hydrogens (tertiary/aromatic N) is 2. The maximum atomic E-state index is 12.5. The number of benzene rings is 1. The number of piperidine rings is 1. The zero-order valence-corrected chi connectivity index (χ0v) is 14.9.